The molecule has 3 rings (SSSR count). The molecule has 0 aromatic heterocycles. The summed E-state index contributed by atoms with van der Waals surface area (Å²) in [5.74, 6) is -0.178. The van der Waals surface area contributed by atoms with E-state index in [1.165, 1.54) is 16.4 Å². The number of nitro groups is 1. The van der Waals surface area contributed by atoms with Crippen LogP contribution in [0.3, 0.4) is 0 Å². The van der Waals surface area contributed by atoms with Gasteiger partial charge in [-0.15, -0.1) is 0 Å². The lowest BCUT2D eigenvalue weighted by atomic mass is 10.0. The van der Waals surface area contributed by atoms with Gasteiger partial charge in [0.15, 0.2) is 18.1 Å². The minimum absolute atomic E-state index is 0.168. The molecule has 9 nitrogen and oxygen atoms in total. The summed E-state index contributed by atoms with van der Waals surface area (Å²) in [6, 6.07) is 10.5. The molecule has 1 fully saturated rings. The molecule has 2 aromatic carbocycles. The second kappa shape index (κ2) is 9.54. The zero-order valence-corrected chi connectivity index (χ0v) is 18.1. The summed E-state index contributed by atoms with van der Waals surface area (Å²) in [4.78, 5) is 23.0. The summed E-state index contributed by atoms with van der Waals surface area (Å²) < 4.78 is 37.3. The first kappa shape index (κ1) is 22.9. The number of hydrogen-bond acceptors (Lipinski definition) is 7. The van der Waals surface area contributed by atoms with E-state index in [0.29, 0.717) is 11.5 Å². The summed E-state index contributed by atoms with van der Waals surface area (Å²) in [5.41, 5.74) is 1.00. The third-order valence-electron chi connectivity index (χ3n) is 4.99. The Kier molecular flexibility index (Phi) is 7.04. The van der Waals surface area contributed by atoms with E-state index in [1.807, 2.05) is 26.0 Å². The Morgan fingerprint density at radius 2 is 1.81 bits per heavy atom. The highest BCUT2D eigenvalue weighted by molar-refractivity contribution is 7.89. The summed E-state index contributed by atoms with van der Waals surface area (Å²) in [6.45, 7) is 4.57. The molecular formula is C21H24N2O7S. The summed E-state index contributed by atoms with van der Waals surface area (Å²) in [6.07, 6.45) is 0. The Hall–Kier alpha value is -2.82. The maximum atomic E-state index is 12.8. The van der Waals surface area contributed by atoms with Crippen LogP contribution in [-0.4, -0.2) is 56.3 Å². The number of sulfonamides is 1. The van der Waals surface area contributed by atoms with Crippen molar-refractivity contribution >= 4 is 21.5 Å². The van der Waals surface area contributed by atoms with Crippen molar-refractivity contribution in [3.05, 3.63) is 63.7 Å². The minimum atomic E-state index is -3.89. The molecule has 0 saturated carbocycles. The van der Waals surface area contributed by atoms with Gasteiger partial charge in [0.05, 0.1) is 23.0 Å². The monoisotopic (exact) mass is 448 g/mol. The predicted molar refractivity (Wildman–Crippen MR) is 113 cm³/mol. The van der Waals surface area contributed by atoms with Crippen LogP contribution < -0.4 is 4.74 Å². The van der Waals surface area contributed by atoms with Crippen LogP contribution in [0.25, 0.3) is 0 Å². The first-order chi connectivity index (χ1) is 14.7. The fraction of sp³-hybridized carbons (Fsp3) is 0.381. The van der Waals surface area contributed by atoms with Gasteiger partial charge in [0, 0.05) is 24.7 Å². The maximum absolute atomic E-state index is 12.8. The van der Waals surface area contributed by atoms with Crippen LogP contribution in [0.1, 0.15) is 35.7 Å². The number of nitro benzene ring substituents is 1. The van der Waals surface area contributed by atoms with E-state index in [9.17, 15) is 23.3 Å². The molecule has 10 heteroatoms. The summed E-state index contributed by atoms with van der Waals surface area (Å²) >= 11 is 0. The smallest absolute Gasteiger partial charge is 0.312 e. The Morgan fingerprint density at radius 1 is 1.16 bits per heavy atom. The van der Waals surface area contributed by atoms with E-state index in [1.54, 1.807) is 12.1 Å². The number of hydrogen-bond donors (Lipinski definition) is 0. The number of benzene rings is 2. The zero-order valence-electron chi connectivity index (χ0n) is 17.3. The van der Waals surface area contributed by atoms with Gasteiger partial charge in [0.1, 0.15) is 0 Å². The standard InChI is InChI=1S/C21H24N2O7S/c1-15(2)16-3-5-17(6-4-16)20(24)14-30-21-8-7-18(13-19(21)23(25)26)31(27,28)22-9-11-29-12-10-22/h3-8,13,15H,9-12,14H2,1-2H3. The molecule has 0 N–H and O–H groups in total. The molecule has 2 aromatic rings. The second-order valence-corrected chi connectivity index (χ2v) is 9.33. The van der Waals surface area contributed by atoms with E-state index >= 15 is 0 Å². The number of Topliss-reactive ketones (excluding diaryl/α,β-unsaturated/α-hetero) is 1. The van der Waals surface area contributed by atoms with Crippen LogP contribution in [0.4, 0.5) is 5.69 Å². The third kappa shape index (κ3) is 5.27. The van der Waals surface area contributed by atoms with Crippen LogP contribution >= 0.6 is 0 Å². The van der Waals surface area contributed by atoms with Crippen molar-refractivity contribution in [2.45, 2.75) is 24.7 Å². The highest BCUT2D eigenvalue weighted by Crippen LogP contribution is 2.31. The average Bonchev–Trinajstić information content (AvgIpc) is 2.77. The lowest BCUT2D eigenvalue weighted by molar-refractivity contribution is -0.386. The van der Waals surface area contributed by atoms with Crippen molar-refractivity contribution in [1.82, 2.24) is 4.31 Å². The number of morpholine rings is 1. The van der Waals surface area contributed by atoms with Crippen LogP contribution in [0, 0.1) is 10.1 Å². The predicted octanol–water partition coefficient (Wildman–Crippen LogP) is 3.00. The lowest BCUT2D eigenvalue weighted by Gasteiger charge is -2.26. The van der Waals surface area contributed by atoms with E-state index in [2.05, 4.69) is 0 Å². The third-order valence-corrected chi connectivity index (χ3v) is 6.89. The summed E-state index contributed by atoms with van der Waals surface area (Å²) in [7, 11) is -3.89. The van der Waals surface area contributed by atoms with E-state index in [4.69, 9.17) is 9.47 Å². The van der Waals surface area contributed by atoms with E-state index in [0.717, 1.165) is 11.6 Å². The first-order valence-corrected chi connectivity index (χ1v) is 11.3. The molecule has 166 valence electrons. The van der Waals surface area contributed by atoms with Gasteiger partial charge in [-0.05, 0) is 23.6 Å². The van der Waals surface area contributed by atoms with Crippen molar-refractivity contribution in [2.24, 2.45) is 0 Å². The number of carbonyl (C=O) groups excluding carboxylic acids is 1. The molecule has 1 aliphatic heterocycles. The number of ketones is 1. The van der Waals surface area contributed by atoms with Crippen molar-refractivity contribution in [3.63, 3.8) is 0 Å². The Bertz CT molecular complexity index is 1060. The van der Waals surface area contributed by atoms with Crippen LogP contribution in [0.15, 0.2) is 47.4 Å². The molecule has 0 bridgehead atoms. The topological polar surface area (TPSA) is 116 Å². The Morgan fingerprint density at radius 3 is 2.39 bits per heavy atom. The molecule has 1 aliphatic rings. The lowest BCUT2D eigenvalue weighted by Crippen LogP contribution is -2.40. The number of nitrogens with zero attached hydrogens (tertiary/aromatic N) is 2. The fourth-order valence-corrected chi connectivity index (χ4v) is 4.57. The average molecular weight is 448 g/mol. The van der Waals surface area contributed by atoms with Gasteiger partial charge in [0.25, 0.3) is 0 Å². The molecule has 0 amide bonds. The van der Waals surface area contributed by atoms with Crippen LogP contribution in [0.2, 0.25) is 0 Å². The first-order valence-electron chi connectivity index (χ1n) is 9.82. The Balaban J connectivity index is 1.77. The highest BCUT2D eigenvalue weighted by Gasteiger charge is 2.29. The molecule has 0 spiro atoms. The molecule has 0 aliphatic carbocycles. The highest BCUT2D eigenvalue weighted by atomic mass is 32.2. The number of rotatable bonds is 8. The SMILES string of the molecule is CC(C)c1ccc(C(=O)COc2ccc(S(=O)(=O)N3CCOCC3)cc2[N+](=O)[O-])cc1. The number of carbonyl (C=O) groups is 1. The minimum Gasteiger partial charge on any atom is -0.478 e. The second-order valence-electron chi connectivity index (χ2n) is 7.39. The molecular weight excluding hydrogens is 424 g/mol. The van der Waals surface area contributed by atoms with E-state index in [-0.39, 0.29) is 42.7 Å². The van der Waals surface area contributed by atoms with Gasteiger partial charge in [-0.3, -0.25) is 14.9 Å². The fourth-order valence-electron chi connectivity index (χ4n) is 3.14. The quantitative estimate of drug-likeness (QED) is 0.346. The van der Waals surface area contributed by atoms with Gasteiger partial charge in [-0.2, -0.15) is 4.31 Å². The van der Waals surface area contributed by atoms with Crippen LogP contribution in [-0.2, 0) is 14.8 Å². The molecule has 31 heavy (non-hydrogen) atoms. The Labute approximate surface area is 180 Å². The molecule has 1 saturated heterocycles. The molecule has 0 unspecified atom stereocenters. The molecule has 0 atom stereocenters. The van der Waals surface area contributed by atoms with Crippen molar-refractivity contribution in [3.8, 4) is 5.75 Å². The largest absolute Gasteiger partial charge is 0.478 e. The zero-order chi connectivity index (χ0) is 22.6. The molecule has 0 radical (unpaired) electrons. The van der Waals surface area contributed by atoms with E-state index < -0.39 is 27.2 Å². The molecule has 1 heterocycles. The maximum Gasteiger partial charge on any atom is 0.312 e. The van der Waals surface area contributed by atoms with Gasteiger partial charge < -0.3 is 9.47 Å². The van der Waals surface area contributed by atoms with Crippen molar-refractivity contribution in [2.75, 3.05) is 32.9 Å². The van der Waals surface area contributed by atoms with Gasteiger partial charge in [-0.1, -0.05) is 38.1 Å². The summed E-state index contributed by atoms with van der Waals surface area (Å²) in [5, 5.41) is 11.5. The van der Waals surface area contributed by atoms with Crippen LogP contribution in [0.5, 0.6) is 5.75 Å². The van der Waals surface area contributed by atoms with Gasteiger partial charge in [0.2, 0.25) is 10.0 Å². The van der Waals surface area contributed by atoms with Gasteiger partial charge >= 0.3 is 5.69 Å². The van der Waals surface area contributed by atoms with Crippen molar-refractivity contribution < 1.29 is 27.6 Å². The number of ether oxygens (including phenoxy) is 2. The normalized spacial score (nSPS) is 15.1. The van der Waals surface area contributed by atoms with Gasteiger partial charge in [-0.25, -0.2) is 8.42 Å². The van der Waals surface area contributed by atoms with Crippen molar-refractivity contribution in [1.29, 1.82) is 0 Å².